The number of nitrogens with two attached hydrogens (primary N) is 1. The van der Waals surface area contributed by atoms with Gasteiger partial charge in [-0.2, -0.15) is 0 Å². The van der Waals surface area contributed by atoms with Gasteiger partial charge in [-0.1, -0.05) is 23.7 Å². The summed E-state index contributed by atoms with van der Waals surface area (Å²) in [5.74, 6) is 0.577. The molecule has 0 atom stereocenters. The maximum Gasteiger partial charge on any atom is 0.250 e. The number of primary amides is 1. The second-order valence-electron chi connectivity index (χ2n) is 5.50. The average molecular weight is 389 g/mol. The summed E-state index contributed by atoms with van der Waals surface area (Å²) in [7, 11) is 0. The zero-order chi connectivity index (χ0) is 18.4. The fourth-order valence-electron chi connectivity index (χ4n) is 2.24. The van der Waals surface area contributed by atoms with E-state index in [1.807, 2.05) is 24.3 Å². The Hall–Kier alpha value is -2.48. The Morgan fingerprint density at radius 1 is 1.15 bits per heavy atom. The van der Waals surface area contributed by atoms with Crippen molar-refractivity contribution >= 4 is 28.8 Å². The molecular weight excluding hydrogens is 372 g/mol. The molecule has 0 spiro atoms. The topological polar surface area (TPSA) is 90.1 Å². The summed E-state index contributed by atoms with van der Waals surface area (Å²) in [5.41, 5.74) is 6.73. The summed E-state index contributed by atoms with van der Waals surface area (Å²) < 4.78 is 6.22. The maximum atomic E-state index is 11.0. The van der Waals surface area contributed by atoms with E-state index in [4.69, 9.17) is 22.1 Å². The first-order chi connectivity index (χ1) is 12.6. The Morgan fingerprint density at radius 2 is 1.96 bits per heavy atom. The van der Waals surface area contributed by atoms with E-state index >= 15 is 0 Å². The number of aromatic nitrogens is 2. The molecule has 0 saturated heterocycles. The van der Waals surface area contributed by atoms with Crippen LogP contribution >= 0.6 is 22.9 Å². The lowest BCUT2D eigenvalue weighted by molar-refractivity contribution is 0.1000. The van der Waals surface area contributed by atoms with Gasteiger partial charge in [0.05, 0.1) is 5.56 Å². The Bertz CT molecular complexity index is 866. The van der Waals surface area contributed by atoms with Crippen molar-refractivity contribution in [3.8, 4) is 11.6 Å². The highest BCUT2D eigenvalue weighted by atomic mass is 35.5. The van der Waals surface area contributed by atoms with Crippen LogP contribution in [-0.4, -0.2) is 22.4 Å². The Balaban J connectivity index is 1.46. The quantitative estimate of drug-likeness (QED) is 0.577. The molecule has 1 aromatic carbocycles. The highest BCUT2D eigenvalue weighted by Gasteiger charge is 2.03. The summed E-state index contributed by atoms with van der Waals surface area (Å²) in [6.45, 7) is 1.62. The molecule has 0 unspecified atom stereocenters. The van der Waals surface area contributed by atoms with E-state index in [0.717, 1.165) is 24.4 Å². The summed E-state index contributed by atoms with van der Waals surface area (Å²) in [6, 6.07) is 11.0. The predicted octanol–water partition coefficient (Wildman–Crippen LogP) is 3.42. The van der Waals surface area contributed by atoms with Crippen LogP contribution in [0, 0.1) is 0 Å². The largest absolute Gasteiger partial charge is 0.439 e. The molecule has 1 amide bonds. The summed E-state index contributed by atoms with van der Waals surface area (Å²) in [5, 5.41) is 3.37. The van der Waals surface area contributed by atoms with Crippen molar-refractivity contribution in [2.24, 2.45) is 5.73 Å². The molecule has 0 saturated carbocycles. The third-order valence-corrected chi connectivity index (χ3v) is 4.70. The van der Waals surface area contributed by atoms with E-state index in [1.54, 1.807) is 18.3 Å². The van der Waals surface area contributed by atoms with E-state index < -0.39 is 5.91 Å². The molecule has 0 aliphatic heterocycles. The molecule has 3 N–H and O–H groups in total. The number of hydrogen-bond donors (Lipinski definition) is 2. The first-order valence-electron chi connectivity index (χ1n) is 7.94. The number of carbonyl (C=O) groups is 1. The average Bonchev–Trinajstić information content (AvgIpc) is 3.06. The van der Waals surface area contributed by atoms with Gasteiger partial charge in [0.1, 0.15) is 5.75 Å². The van der Waals surface area contributed by atoms with Crippen LogP contribution in [0.5, 0.6) is 11.6 Å². The van der Waals surface area contributed by atoms with Crippen LogP contribution in [-0.2, 0) is 13.0 Å². The number of nitrogens with one attached hydrogen (secondary N) is 1. The molecule has 2 heterocycles. The van der Waals surface area contributed by atoms with Crippen molar-refractivity contribution in [3.63, 3.8) is 0 Å². The normalized spacial score (nSPS) is 10.7. The van der Waals surface area contributed by atoms with Gasteiger partial charge >= 0.3 is 0 Å². The second-order valence-corrected chi connectivity index (χ2v) is 7.20. The van der Waals surface area contributed by atoms with Crippen molar-refractivity contribution in [2.75, 3.05) is 6.54 Å². The molecule has 26 heavy (non-hydrogen) atoms. The zero-order valence-corrected chi connectivity index (χ0v) is 15.4. The van der Waals surface area contributed by atoms with Gasteiger partial charge in [-0.15, -0.1) is 11.3 Å². The fraction of sp³-hybridized carbons (Fsp3) is 0.167. The first kappa shape index (κ1) is 18.3. The van der Waals surface area contributed by atoms with Crippen molar-refractivity contribution in [2.45, 2.75) is 13.0 Å². The van der Waals surface area contributed by atoms with Crippen molar-refractivity contribution in [1.29, 1.82) is 0 Å². The Kier molecular flexibility index (Phi) is 6.17. The lowest BCUT2D eigenvalue weighted by Crippen LogP contribution is -2.15. The molecular formula is C18H17ClN4O2S. The van der Waals surface area contributed by atoms with Gasteiger partial charge in [0.15, 0.2) is 4.47 Å². The zero-order valence-electron chi connectivity index (χ0n) is 13.8. The number of hydrogen-bond acceptors (Lipinski definition) is 6. The molecule has 0 aliphatic rings. The number of pyridine rings is 1. The van der Waals surface area contributed by atoms with Crippen molar-refractivity contribution in [3.05, 3.63) is 69.3 Å². The van der Waals surface area contributed by atoms with Gasteiger partial charge in [-0.25, -0.2) is 9.97 Å². The maximum absolute atomic E-state index is 11.0. The third-order valence-electron chi connectivity index (χ3n) is 3.58. The highest BCUT2D eigenvalue weighted by Crippen LogP contribution is 2.20. The van der Waals surface area contributed by atoms with Crippen LogP contribution in [0.1, 0.15) is 20.8 Å². The highest BCUT2D eigenvalue weighted by molar-refractivity contribution is 7.15. The predicted molar refractivity (Wildman–Crippen MR) is 102 cm³/mol. The molecule has 3 rings (SSSR count). The summed E-state index contributed by atoms with van der Waals surface area (Å²) in [6.07, 6.45) is 4.09. The van der Waals surface area contributed by atoms with Gasteiger partial charge < -0.3 is 15.8 Å². The summed E-state index contributed by atoms with van der Waals surface area (Å²) in [4.78, 5) is 20.2. The van der Waals surface area contributed by atoms with Crippen LogP contribution in [0.4, 0.5) is 0 Å². The van der Waals surface area contributed by atoms with Gasteiger partial charge in [0, 0.05) is 29.9 Å². The SMILES string of the molecule is NC(=O)c1ccc(Oc2ccc(CCNCc3cnc(Cl)s3)cc2)nc1. The lowest BCUT2D eigenvalue weighted by Gasteiger charge is -2.07. The number of halogens is 1. The van der Waals surface area contributed by atoms with Crippen LogP contribution in [0.15, 0.2) is 48.8 Å². The minimum absolute atomic E-state index is 0.348. The lowest BCUT2D eigenvalue weighted by atomic mass is 10.1. The molecule has 0 radical (unpaired) electrons. The van der Waals surface area contributed by atoms with Crippen molar-refractivity contribution < 1.29 is 9.53 Å². The second kappa shape index (κ2) is 8.75. The van der Waals surface area contributed by atoms with Crippen LogP contribution in [0.2, 0.25) is 4.47 Å². The van der Waals surface area contributed by atoms with Crippen LogP contribution < -0.4 is 15.8 Å². The number of benzene rings is 1. The number of amides is 1. The molecule has 3 aromatic rings. The monoisotopic (exact) mass is 388 g/mol. The van der Waals surface area contributed by atoms with Gasteiger partial charge in [-0.3, -0.25) is 4.79 Å². The number of rotatable bonds is 8. The standard InChI is InChI=1S/C18H17ClN4O2S/c19-18-23-11-15(26-18)10-21-8-7-12-1-4-14(5-2-12)25-16-6-3-13(9-22-16)17(20)24/h1-6,9,11,21H,7-8,10H2,(H2,20,24). The molecule has 8 heteroatoms. The van der Waals surface area contributed by atoms with E-state index in [2.05, 4.69) is 15.3 Å². The molecule has 0 fully saturated rings. The van der Waals surface area contributed by atoms with E-state index in [-0.39, 0.29) is 0 Å². The smallest absolute Gasteiger partial charge is 0.250 e. The van der Waals surface area contributed by atoms with E-state index in [9.17, 15) is 4.79 Å². The Labute approximate surface area is 160 Å². The minimum atomic E-state index is -0.513. The molecule has 2 aromatic heterocycles. The van der Waals surface area contributed by atoms with E-state index in [0.29, 0.717) is 21.7 Å². The van der Waals surface area contributed by atoms with Gasteiger partial charge in [0.2, 0.25) is 11.8 Å². The Morgan fingerprint density at radius 3 is 2.58 bits per heavy atom. The molecule has 0 bridgehead atoms. The van der Waals surface area contributed by atoms with Gasteiger partial charge in [0.25, 0.3) is 0 Å². The fourth-order valence-corrected chi connectivity index (χ4v) is 3.19. The number of carbonyl (C=O) groups excluding carboxylic acids is 1. The molecule has 134 valence electrons. The molecule has 6 nitrogen and oxygen atoms in total. The van der Waals surface area contributed by atoms with E-state index in [1.165, 1.54) is 23.1 Å². The minimum Gasteiger partial charge on any atom is -0.439 e. The van der Waals surface area contributed by atoms with Crippen LogP contribution in [0.25, 0.3) is 0 Å². The number of thiazole rings is 1. The first-order valence-corrected chi connectivity index (χ1v) is 9.13. The number of ether oxygens (including phenoxy) is 1. The third kappa shape index (κ3) is 5.26. The summed E-state index contributed by atoms with van der Waals surface area (Å²) >= 11 is 7.29. The number of nitrogens with zero attached hydrogens (tertiary/aromatic N) is 2. The van der Waals surface area contributed by atoms with Crippen molar-refractivity contribution in [1.82, 2.24) is 15.3 Å². The van der Waals surface area contributed by atoms with Crippen LogP contribution in [0.3, 0.4) is 0 Å². The molecule has 0 aliphatic carbocycles. The van der Waals surface area contributed by atoms with Gasteiger partial charge in [-0.05, 0) is 36.7 Å².